The molecule has 0 radical (unpaired) electrons. The molecule has 0 spiro atoms. The highest BCUT2D eigenvalue weighted by Crippen LogP contribution is 2.10. The highest BCUT2D eigenvalue weighted by atomic mass is 16.5. The molecule has 26 heavy (non-hydrogen) atoms. The standard InChI is InChI=1S/C20H32O6/c21-17-11-7-3-1-5-9-13-25-19(23)16-18(22)12-8-4-2-6-10-14-26-20(24)15-17/h1-16H2. The van der Waals surface area contributed by atoms with E-state index in [2.05, 4.69) is 0 Å². The summed E-state index contributed by atoms with van der Waals surface area (Å²) in [5, 5.41) is 0. The van der Waals surface area contributed by atoms with Crippen molar-refractivity contribution in [2.45, 2.75) is 89.9 Å². The summed E-state index contributed by atoms with van der Waals surface area (Å²) >= 11 is 0. The highest BCUT2D eigenvalue weighted by molar-refractivity contribution is 5.95. The van der Waals surface area contributed by atoms with Crippen molar-refractivity contribution in [2.75, 3.05) is 13.2 Å². The van der Waals surface area contributed by atoms with Crippen LogP contribution in [-0.2, 0) is 28.7 Å². The molecule has 1 aliphatic heterocycles. The number of hydrogen-bond donors (Lipinski definition) is 0. The molecule has 0 unspecified atom stereocenters. The summed E-state index contributed by atoms with van der Waals surface area (Å²) in [5.74, 6) is -0.972. The zero-order valence-electron chi connectivity index (χ0n) is 15.8. The third-order valence-corrected chi connectivity index (χ3v) is 4.41. The second kappa shape index (κ2) is 14.4. The van der Waals surface area contributed by atoms with Gasteiger partial charge in [0.1, 0.15) is 24.4 Å². The Morgan fingerprint density at radius 2 is 0.808 bits per heavy atom. The van der Waals surface area contributed by atoms with E-state index in [9.17, 15) is 19.2 Å². The van der Waals surface area contributed by atoms with Crippen LogP contribution in [0.5, 0.6) is 0 Å². The third-order valence-electron chi connectivity index (χ3n) is 4.41. The van der Waals surface area contributed by atoms with Crippen LogP contribution in [0.4, 0.5) is 0 Å². The molecule has 0 amide bonds. The first-order chi connectivity index (χ1) is 12.6. The summed E-state index contributed by atoms with van der Waals surface area (Å²) in [6.07, 6.45) is 9.17. The number of esters is 2. The van der Waals surface area contributed by atoms with E-state index >= 15 is 0 Å². The molecule has 1 rings (SSSR count). The summed E-state index contributed by atoms with van der Waals surface area (Å²) in [7, 11) is 0. The number of hydrogen-bond acceptors (Lipinski definition) is 6. The van der Waals surface area contributed by atoms with Crippen molar-refractivity contribution in [2.24, 2.45) is 0 Å². The Hall–Kier alpha value is -1.72. The predicted molar refractivity (Wildman–Crippen MR) is 96.6 cm³/mol. The number of Topliss-reactive ketones (excluding diaryl/α,β-unsaturated/α-hetero) is 2. The average molecular weight is 368 g/mol. The van der Waals surface area contributed by atoms with Gasteiger partial charge in [0, 0.05) is 12.8 Å². The SMILES string of the molecule is O=C1CCCCCCCOC(=O)CC(=O)CCCCCCCOC(=O)C1. The molecule has 148 valence electrons. The van der Waals surface area contributed by atoms with Crippen LogP contribution in [0, 0.1) is 0 Å². The Bertz CT molecular complexity index is 375. The van der Waals surface area contributed by atoms with Gasteiger partial charge in [0.25, 0.3) is 0 Å². The Labute approximate surface area is 156 Å². The first kappa shape index (κ1) is 22.3. The van der Waals surface area contributed by atoms with Crippen molar-refractivity contribution in [3.05, 3.63) is 0 Å². The normalized spacial score (nSPS) is 21.8. The molecule has 6 heteroatoms. The lowest BCUT2D eigenvalue weighted by atomic mass is 10.1. The van der Waals surface area contributed by atoms with E-state index < -0.39 is 11.9 Å². The largest absolute Gasteiger partial charge is 0.465 e. The number of carbonyl (C=O) groups excluding carboxylic acids is 4. The van der Waals surface area contributed by atoms with E-state index in [4.69, 9.17) is 9.47 Å². The summed E-state index contributed by atoms with van der Waals surface area (Å²) in [6, 6.07) is 0. The summed E-state index contributed by atoms with van der Waals surface area (Å²) in [5.41, 5.74) is 0. The van der Waals surface area contributed by atoms with Gasteiger partial charge in [-0.1, -0.05) is 38.5 Å². The van der Waals surface area contributed by atoms with Crippen LogP contribution in [0.25, 0.3) is 0 Å². The lowest BCUT2D eigenvalue weighted by Gasteiger charge is -2.07. The number of cyclic esters (lactones) is 2. The maximum absolute atomic E-state index is 11.7. The van der Waals surface area contributed by atoms with E-state index in [0.717, 1.165) is 64.2 Å². The van der Waals surface area contributed by atoms with E-state index in [0.29, 0.717) is 26.1 Å². The molecule has 1 fully saturated rings. The van der Waals surface area contributed by atoms with Crippen LogP contribution in [0.3, 0.4) is 0 Å². The van der Waals surface area contributed by atoms with E-state index in [1.165, 1.54) is 0 Å². The second-order valence-electron chi connectivity index (χ2n) is 6.91. The number of rotatable bonds is 0. The van der Waals surface area contributed by atoms with Gasteiger partial charge in [-0.2, -0.15) is 0 Å². The van der Waals surface area contributed by atoms with Crippen molar-refractivity contribution >= 4 is 23.5 Å². The van der Waals surface area contributed by atoms with Gasteiger partial charge in [0.2, 0.25) is 0 Å². The quantitative estimate of drug-likeness (QED) is 0.479. The van der Waals surface area contributed by atoms with Crippen LogP contribution in [0.15, 0.2) is 0 Å². The minimum Gasteiger partial charge on any atom is -0.465 e. The van der Waals surface area contributed by atoms with Crippen LogP contribution < -0.4 is 0 Å². The molecule has 1 heterocycles. The molecular weight excluding hydrogens is 336 g/mol. The van der Waals surface area contributed by atoms with Crippen molar-refractivity contribution in [1.82, 2.24) is 0 Å². The molecule has 0 saturated carbocycles. The molecule has 1 saturated heterocycles. The molecule has 0 aromatic carbocycles. The lowest BCUT2D eigenvalue weighted by molar-refractivity contribution is -0.147. The van der Waals surface area contributed by atoms with Crippen molar-refractivity contribution in [3.63, 3.8) is 0 Å². The molecule has 6 nitrogen and oxygen atoms in total. The van der Waals surface area contributed by atoms with Crippen molar-refractivity contribution in [1.29, 1.82) is 0 Å². The van der Waals surface area contributed by atoms with Crippen LogP contribution >= 0.6 is 0 Å². The van der Waals surface area contributed by atoms with Gasteiger partial charge in [0.15, 0.2) is 0 Å². The molecule has 0 N–H and O–H groups in total. The monoisotopic (exact) mass is 368 g/mol. The third kappa shape index (κ3) is 12.6. The zero-order chi connectivity index (χ0) is 19.0. The van der Waals surface area contributed by atoms with Gasteiger partial charge >= 0.3 is 11.9 Å². The molecule has 0 aromatic rings. The molecule has 0 atom stereocenters. The smallest absolute Gasteiger partial charge is 0.313 e. The topological polar surface area (TPSA) is 86.7 Å². The number of carbonyl (C=O) groups is 4. The van der Waals surface area contributed by atoms with Crippen molar-refractivity contribution < 1.29 is 28.7 Å². The Kier molecular flexibility index (Phi) is 12.4. The lowest BCUT2D eigenvalue weighted by Crippen LogP contribution is -2.12. The first-order valence-electron chi connectivity index (χ1n) is 9.92. The fraction of sp³-hybridized carbons (Fsp3) is 0.800. The Balaban J connectivity index is 2.32. The Morgan fingerprint density at radius 3 is 1.23 bits per heavy atom. The number of ketones is 2. The van der Waals surface area contributed by atoms with E-state index in [1.54, 1.807) is 0 Å². The molecule has 0 bridgehead atoms. The fourth-order valence-electron chi connectivity index (χ4n) is 2.88. The summed E-state index contributed by atoms with van der Waals surface area (Å²) in [4.78, 5) is 46.6. The maximum Gasteiger partial charge on any atom is 0.313 e. The molecule has 0 aromatic heterocycles. The highest BCUT2D eigenvalue weighted by Gasteiger charge is 2.12. The van der Waals surface area contributed by atoms with Gasteiger partial charge in [-0.15, -0.1) is 0 Å². The maximum atomic E-state index is 11.7. The van der Waals surface area contributed by atoms with E-state index in [1.807, 2.05) is 0 Å². The predicted octanol–water partition coefficient (Wildman–Crippen LogP) is 3.69. The summed E-state index contributed by atoms with van der Waals surface area (Å²) < 4.78 is 10.2. The molecule has 1 aliphatic rings. The van der Waals surface area contributed by atoms with Crippen LogP contribution in [-0.4, -0.2) is 36.7 Å². The van der Waals surface area contributed by atoms with Gasteiger partial charge in [-0.25, -0.2) is 0 Å². The minimum absolute atomic E-state index is 0.0595. The fourth-order valence-corrected chi connectivity index (χ4v) is 2.88. The minimum atomic E-state index is -0.426. The number of ether oxygens (including phenoxy) is 2. The van der Waals surface area contributed by atoms with Crippen molar-refractivity contribution in [3.8, 4) is 0 Å². The van der Waals surface area contributed by atoms with Crippen LogP contribution in [0.1, 0.15) is 89.9 Å². The average Bonchev–Trinajstić information content (AvgIpc) is 2.58. The zero-order valence-corrected chi connectivity index (χ0v) is 15.8. The molecule has 0 aliphatic carbocycles. The first-order valence-corrected chi connectivity index (χ1v) is 9.92. The van der Waals surface area contributed by atoms with Gasteiger partial charge in [-0.05, 0) is 25.7 Å². The van der Waals surface area contributed by atoms with Gasteiger partial charge < -0.3 is 9.47 Å². The second-order valence-corrected chi connectivity index (χ2v) is 6.91. The van der Waals surface area contributed by atoms with Gasteiger partial charge in [0.05, 0.1) is 13.2 Å². The van der Waals surface area contributed by atoms with E-state index in [-0.39, 0.29) is 24.4 Å². The molecular formula is C20H32O6. The van der Waals surface area contributed by atoms with Gasteiger partial charge in [-0.3, -0.25) is 19.2 Å². The Morgan fingerprint density at radius 1 is 0.462 bits per heavy atom. The summed E-state index contributed by atoms with van der Waals surface area (Å²) in [6.45, 7) is 0.688. The van der Waals surface area contributed by atoms with Crippen LogP contribution in [0.2, 0.25) is 0 Å².